The summed E-state index contributed by atoms with van der Waals surface area (Å²) in [5.74, 6) is -0.999. The van der Waals surface area contributed by atoms with E-state index >= 15 is 0 Å². The molecular formula is C33H27N2O7S-. The number of carbonyl (C=O) groups is 3. The van der Waals surface area contributed by atoms with Crippen LogP contribution in [0.1, 0.15) is 27.0 Å². The summed E-state index contributed by atoms with van der Waals surface area (Å²) >= 11 is 1.08. The maximum atomic E-state index is 12.8. The second-order valence-corrected chi connectivity index (χ2v) is 10.7. The van der Waals surface area contributed by atoms with Gasteiger partial charge in [0.05, 0.1) is 28.8 Å². The normalized spacial score (nSPS) is 11.5. The number of nitrogens with one attached hydrogen (secondary N) is 1. The number of ether oxygens (including phenoxy) is 2. The highest BCUT2D eigenvalue weighted by atomic mass is 32.1. The predicted molar refractivity (Wildman–Crippen MR) is 160 cm³/mol. The second-order valence-electron chi connectivity index (χ2n) is 9.67. The molecule has 0 saturated carbocycles. The summed E-state index contributed by atoms with van der Waals surface area (Å²) in [4.78, 5) is 49.1. The summed E-state index contributed by atoms with van der Waals surface area (Å²) in [5.41, 5.74) is 3.25. The van der Waals surface area contributed by atoms with Crippen LogP contribution in [0.2, 0.25) is 0 Å². The lowest BCUT2D eigenvalue weighted by atomic mass is 10.0. The first-order chi connectivity index (χ1) is 20.9. The van der Waals surface area contributed by atoms with Gasteiger partial charge >= 0.3 is 11.0 Å². The SMILES string of the molecule is O=C(NC(Cc1ccc(OCCn2c(=O)sc3cc(C(=O)c4ccccc4)ccc32)cc1)C(=O)[O-])OCc1ccccc1. The van der Waals surface area contributed by atoms with Gasteiger partial charge in [0.15, 0.2) is 5.78 Å². The average molecular weight is 596 g/mol. The summed E-state index contributed by atoms with van der Waals surface area (Å²) in [6, 6.07) is 28.7. The fraction of sp³-hybridized carbons (Fsp3) is 0.152. The van der Waals surface area contributed by atoms with Crippen LogP contribution in [0, 0.1) is 0 Å². The number of ketones is 1. The molecular weight excluding hydrogens is 568 g/mol. The number of thiazole rings is 1. The number of alkyl carbamates (subject to hydrolysis) is 1. The number of fused-ring (bicyclic) bond motifs is 1. The molecule has 9 nitrogen and oxygen atoms in total. The Morgan fingerprint density at radius 2 is 1.53 bits per heavy atom. The van der Waals surface area contributed by atoms with Gasteiger partial charge in [-0.2, -0.15) is 0 Å². The van der Waals surface area contributed by atoms with E-state index in [9.17, 15) is 24.3 Å². The van der Waals surface area contributed by atoms with Crippen LogP contribution < -0.4 is 20.0 Å². The highest BCUT2D eigenvalue weighted by Crippen LogP contribution is 2.21. The van der Waals surface area contributed by atoms with Crippen LogP contribution in [0.3, 0.4) is 0 Å². The lowest BCUT2D eigenvalue weighted by molar-refractivity contribution is -0.308. The first-order valence-corrected chi connectivity index (χ1v) is 14.3. The first kappa shape index (κ1) is 29.3. The third kappa shape index (κ3) is 7.55. The third-order valence-corrected chi connectivity index (χ3v) is 7.64. The number of nitrogens with zero attached hydrogens (tertiary/aromatic N) is 1. The predicted octanol–water partition coefficient (Wildman–Crippen LogP) is 3.96. The maximum Gasteiger partial charge on any atom is 0.408 e. The van der Waals surface area contributed by atoms with Crippen molar-refractivity contribution < 1.29 is 29.0 Å². The van der Waals surface area contributed by atoms with E-state index in [-0.39, 0.29) is 30.3 Å². The molecule has 1 unspecified atom stereocenters. The molecule has 0 aliphatic carbocycles. The van der Waals surface area contributed by atoms with E-state index in [1.165, 1.54) is 0 Å². The molecule has 5 aromatic rings. The molecule has 0 fully saturated rings. The molecule has 0 spiro atoms. The number of aliphatic carboxylic acids is 1. The van der Waals surface area contributed by atoms with E-state index in [0.29, 0.717) is 29.0 Å². The number of carboxylic acid groups (broad SMARTS) is 1. The maximum absolute atomic E-state index is 12.8. The summed E-state index contributed by atoms with van der Waals surface area (Å²) in [6.07, 6.45) is -0.859. The third-order valence-electron chi connectivity index (χ3n) is 6.70. The van der Waals surface area contributed by atoms with E-state index in [2.05, 4.69) is 5.32 Å². The van der Waals surface area contributed by atoms with Gasteiger partial charge in [0.2, 0.25) is 0 Å². The topological polar surface area (TPSA) is 127 Å². The monoisotopic (exact) mass is 595 g/mol. The summed E-state index contributed by atoms with van der Waals surface area (Å²) < 4.78 is 13.3. The van der Waals surface area contributed by atoms with Crippen molar-refractivity contribution >= 4 is 39.4 Å². The smallest absolute Gasteiger partial charge is 0.408 e. The summed E-state index contributed by atoms with van der Waals surface area (Å²) in [7, 11) is 0. The van der Waals surface area contributed by atoms with E-state index in [1.54, 1.807) is 71.3 Å². The van der Waals surface area contributed by atoms with Gasteiger partial charge < -0.3 is 24.7 Å². The molecule has 0 radical (unpaired) electrons. The number of amides is 1. The molecule has 5 rings (SSSR count). The van der Waals surface area contributed by atoms with Crippen molar-refractivity contribution in [1.82, 2.24) is 9.88 Å². The largest absolute Gasteiger partial charge is 0.548 e. The highest BCUT2D eigenvalue weighted by molar-refractivity contribution is 7.16. The van der Waals surface area contributed by atoms with Crippen LogP contribution in [0.4, 0.5) is 4.79 Å². The zero-order valence-corrected chi connectivity index (χ0v) is 23.8. The zero-order chi connectivity index (χ0) is 30.2. The van der Waals surface area contributed by atoms with Crippen molar-refractivity contribution in [2.45, 2.75) is 25.6 Å². The molecule has 1 heterocycles. The molecule has 43 heavy (non-hydrogen) atoms. The van der Waals surface area contributed by atoms with Gasteiger partial charge in [0, 0.05) is 11.1 Å². The van der Waals surface area contributed by atoms with E-state index in [0.717, 1.165) is 27.1 Å². The Balaban J connectivity index is 1.14. The van der Waals surface area contributed by atoms with Crippen LogP contribution in [0.15, 0.2) is 108 Å². The van der Waals surface area contributed by atoms with Gasteiger partial charge in [-0.25, -0.2) is 4.79 Å². The number of rotatable bonds is 12. The molecule has 0 bridgehead atoms. The van der Waals surface area contributed by atoms with Crippen LogP contribution >= 0.6 is 11.3 Å². The van der Waals surface area contributed by atoms with Gasteiger partial charge in [-0.1, -0.05) is 84.1 Å². The Labute approximate surface area is 250 Å². The molecule has 1 aromatic heterocycles. The molecule has 4 aromatic carbocycles. The van der Waals surface area contributed by atoms with Crippen LogP contribution in [-0.2, 0) is 29.1 Å². The van der Waals surface area contributed by atoms with Crippen LogP contribution in [0.25, 0.3) is 10.2 Å². The van der Waals surface area contributed by atoms with Gasteiger partial charge in [0.25, 0.3) is 0 Å². The van der Waals surface area contributed by atoms with E-state index in [1.807, 2.05) is 36.4 Å². The van der Waals surface area contributed by atoms with Crippen molar-refractivity contribution in [2.75, 3.05) is 6.61 Å². The average Bonchev–Trinajstić information content (AvgIpc) is 3.34. The Hall–Kier alpha value is -5.22. The zero-order valence-electron chi connectivity index (χ0n) is 22.9. The minimum Gasteiger partial charge on any atom is -0.548 e. The van der Waals surface area contributed by atoms with Crippen molar-refractivity contribution in [3.8, 4) is 5.75 Å². The number of benzene rings is 4. The van der Waals surface area contributed by atoms with Crippen molar-refractivity contribution in [3.05, 3.63) is 135 Å². The van der Waals surface area contributed by atoms with Gasteiger partial charge in [-0.15, -0.1) is 0 Å². The van der Waals surface area contributed by atoms with Gasteiger partial charge in [0.1, 0.15) is 19.0 Å². The molecule has 0 aliphatic rings. The van der Waals surface area contributed by atoms with Gasteiger partial charge in [-0.3, -0.25) is 14.2 Å². The quantitative estimate of drug-likeness (QED) is 0.216. The first-order valence-electron chi connectivity index (χ1n) is 13.5. The van der Waals surface area contributed by atoms with Gasteiger partial charge in [-0.05, 0) is 47.9 Å². The minimum atomic E-state index is -1.43. The lowest BCUT2D eigenvalue weighted by Crippen LogP contribution is -2.49. The molecule has 0 saturated heterocycles. The number of carboxylic acids is 1. The fourth-order valence-electron chi connectivity index (χ4n) is 4.49. The Kier molecular flexibility index (Phi) is 9.28. The second kappa shape index (κ2) is 13.6. The highest BCUT2D eigenvalue weighted by Gasteiger charge is 2.16. The van der Waals surface area contributed by atoms with Crippen LogP contribution in [-0.4, -0.2) is 35.1 Å². The summed E-state index contributed by atoms with van der Waals surface area (Å²) in [5, 5.41) is 14.0. The lowest BCUT2D eigenvalue weighted by Gasteiger charge is -2.20. The number of aromatic nitrogens is 1. The van der Waals surface area contributed by atoms with Crippen molar-refractivity contribution in [1.29, 1.82) is 0 Å². The molecule has 1 amide bonds. The standard InChI is InChI=1S/C33H28N2O7S/c36-30(24-9-5-2-6-10-24)25-13-16-28-29(20-25)43-33(40)35(28)17-18-41-26-14-11-22(12-15-26)19-27(31(37)38)34-32(39)42-21-23-7-3-1-4-8-23/h1-16,20,27H,17-19,21H2,(H,34,39)(H,37,38)/p-1. The van der Waals surface area contributed by atoms with Crippen LogP contribution in [0.5, 0.6) is 5.75 Å². The van der Waals surface area contributed by atoms with E-state index in [4.69, 9.17) is 9.47 Å². The molecule has 0 aliphatic heterocycles. The summed E-state index contributed by atoms with van der Waals surface area (Å²) in [6.45, 7) is 0.529. The van der Waals surface area contributed by atoms with Crippen molar-refractivity contribution in [3.63, 3.8) is 0 Å². The Morgan fingerprint density at radius 1 is 0.837 bits per heavy atom. The Bertz CT molecular complexity index is 1780. The molecule has 218 valence electrons. The number of hydrogen-bond donors (Lipinski definition) is 1. The fourth-order valence-corrected chi connectivity index (χ4v) is 5.44. The molecule has 1 N–H and O–H groups in total. The number of hydrogen-bond acceptors (Lipinski definition) is 8. The Morgan fingerprint density at radius 3 is 2.23 bits per heavy atom. The molecule has 10 heteroatoms. The minimum absolute atomic E-state index is 0.00585. The molecule has 1 atom stereocenters. The van der Waals surface area contributed by atoms with Crippen molar-refractivity contribution in [2.24, 2.45) is 0 Å². The number of carbonyl (C=O) groups excluding carboxylic acids is 3. The van der Waals surface area contributed by atoms with E-state index < -0.39 is 18.1 Å².